The minimum atomic E-state index is 0.378. The van der Waals surface area contributed by atoms with Gasteiger partial charge in [0, 0.05) is 4.88 Å². The Bertz CT molecular complexity index is 625. The van der Waals surface area contributed by atoms with Crippen LogP contribution in [0.4, 0.5) is 0 Å². The monoisotopic (exact) mass is 291 g/mol. The molecule has 0 aliphatic carbocycles. The van der Waals surface area contributed by atoms with Crippen molar-refractivity contribution in [3.05, 3.63) is 50.7 Å². The number of rotatable bonds is 3. The minimum absolute atomic E-state index is 0.378. The molecule has 0 saturated heterocycles. The molecule has 1 aromatic heterocycles. The lowest BCUT2D eigenvalue weighted by Crippen LogP contribution is -1.93. The minimum Gasteiger partial charge on any atom is -0.487 e. The van der Waals surface area contributed by atoms with Crippen LogP contribution in [0.25, 0.3) is 0 Å². The largest absolute Gasteiger partial charge is 0.487 e. The molecule has 0 radical (unpaired) electrons. The Morgan fingerprint density at radius 1 is 1.32 bits per heavy atom. The van der Waals surface area contributed by atoms with E-state index in [4.69, 9.17) is 22.1 Å². The van der Waals surface area contributed by atoms with Gasteiger partial charge in [0.1, 0.15) is 12.4 Å². The van der Waals surface area contributed by atoms with Crippen LogP contribution in [0.1, 0.15) is 15.3 Å². The van der Waals surface area contributed by atoms with Crippen molar-refractivity contribution in [2.75, 3.05) is 6.54 Å². The third kappa shape index (κ3) is 4.00. The van der Waals surface area contributed by atoms with Crippen LogP contribution >= 0.6 is 22.9 Å². The number of benzene rings is 1. The molecule has 19 heavy (non-hydrogen) atoms. The SMILES string of the molecule is Cc1ccc(OCc2ccc(C#CCN)s2)c(Cl)c1. The molecular weight excluding hydrogens is 278 g/mol. The van der Waals surface area contributed by atoms with Crippen LogP contribution in [0, 0.1) is 18.8 Å². The normalized spacial score (nSPS) is 9.84. The van der Waals surface area contributed by atoms with Crippen molar-refractivity contribution in [3.8, 4) is 17.6 Å². The molecule has 0 bridgehead atoms. The topological polar surface area (TPSA) is 35.2 Å². The van der Waals surface area contributed by atoms with Gasteiger partial charge in [-0.25, -0.2) is 0 Å². The Morgan fingerprint density at radius 3 is 2.89 bits per heavy atom. The molecule has 0 atom stereocenters. The number of hydrogen-bond donors (Lipinski definition) is 1. The summed E-state index contributed by atoms with van der Waals surface area (Å²) in [6.07, 6.45) is 0. The fraction of sp³-hybridized carbons (Fsp3) is 0.200. The highest BCUT2D eigenvalue weighted by molar-refractivity contribution is 7.12. The van der Waals surface area contributed by atoms with Crippen molar-refractivity contribution < 1.29 is 4.74 Å². The summed E-state index contributed by atoms with van der Waals surface area (Å²) < 4.78 is 5.70. The standard InChI is InChI=1S/C15H14ClNOS/c1-11-4-7-15(14(16)9-11)18-10-13-6-5-12(19-13)3-2-8-17/h4-7,9H,8,10,17H2,1H3. The molecule has 2 rings (SSSR count). The maximum Gasteiger partial charge on any atom is 0.138 e. The quantitative estimate of drug-likeness (QED) is 0.877. The molecule has 0 unspecified atom stereocenters. The summed E-state index contributed by atoms with van der Waals surface area (Å²) in [5, 5.41) is 0.639. The van der Waals surface area contributed by atoms with Crippen molar-refractivity contribution in [2.24, 2.45) is 5.73 Å². The zero-order valence-electron chi connectivity index (χ0n) is 10.6. The zero-order chi connectivity index (χ0) is 13.7. The van der Waals surface area contributed by atoms with E-state index in [-0.39, 0.29) is 0 Å². The molecule has 1 heterocycles. The first kappa shape index (κ1) is 14.0. The average molecular weight is 292 g/mol. The van der Waals surface area contributed by atoms with E-state index in [0.717, 1.165) is 15.3 Å². The second-order valence-electron chi connectivity index (χ2n) is 3.99. The van der Waals surface area contributed by atoms with E-state index >= 15 is 0 Å². The van der Waals surface area contributed by atoms with Gasteiger partial charge in [-0.1, -0.05) is 29.5 Å². The molecule has 0 aliphatic rings. The fourth-order valence-corrected chi connectivity index (χ4v) is 2.62. The van der Waals surface area contributed by atoms with Gasteiger partial charge >= 0.3 is 0 Å². The lowest BCUT2D eigenvalue weighted by Gasteiger charge is -2.07. The van der Waals surface area contributed by atoms with E-state index in [1.165, 1.54) is 0 Å². The molecular formula is C15H14ClNOS. The van der Waals surface area contributed by atoms with Crippen LogP contribution < -0.4 is 10.5 Å². The van der Waals surface area contributed by atoms with Crippen LogP contribution in [0.5, 0.6) is 5.75 Å². The highest BCUT2D eigenvalue weighted by atomic mass is 35.5. The highest BCUT2D eigenvalue weighted by Crippen LogP contribution is 2.27. The molecule has 0 aliphatic heterocycles. The molecule has 2 aromatic rings. The Balaban J connectivity index is 2.00. The summed E-state index contributed by atoms with van der Waals surface area (Å²) in [6.45, 7) is 2.87. The van der Waals surface area contributed by atoms with Gasteiger partial charge in [0.05, 0.1) is 16.4 Å². The number of aryl methyl sites for hydroxylation is 1. The summed E-state index contributed by atoms with van der Waals surface area (Å²) in [5.41, 5.74) is 6.46. The molecule has 1 aromatic carbocycles. The molecule has 0 fully saturated rings. The first-order chi connectivity index (χ1) is 9.19. The Labute approximate surface area is 122 Å². The maximum atomic E-state index is 6.11. The Hall–Kier alpha value is -1.47. The number of hydrogen-bond acceptors (Lipinski definition) is 3. The number of nitrogens with two attached hydrogens (primary N) is 1. The van der Waals surface area contributed by atoms with Crippen LogP contribution in [0.2, 0.25) is 5.02 Å². The number of halogens is 1. The van der Waals surface area contributed by atoms with Crippen LogP contribution in [0.15, 0.2) is 30.3 Å². The lowest BCUT2D eigenvalue weighted by atomic mass is 10.2. The van der Waals surface area contributed by atoms with Crippen molar-refractivity contribution >= 4 is 22.9 Å². The first-order valence-corrected chi connectivity index (χ1v) is 7.05. The molecule has 2 nitrogen and oxygen atoms in total. The van der Waals surface area contributed by atoms with E-state index in [2.05, 4.69) is 11.8 Å². The summed E-state index contributed by atoms with van der Waals surface area (Å²) in [4.78, 5) is 2.11. The third-order valence-electron chi connectivity index (χ3n) is 2.43. The van der Waals surface area contributed by atoms with Crippen LogP contribution in [0.3, 0.4) is 0 Å². The van der Waals surface area contributed by atoms with E-state index in [9.17, 15) is 0 Å². The van der Waals surface area contributed by atoms with E-state index in [1.54, 1.807) is 11.3 Å². The van der Waals surface area contributed by atoms with Gasteiger partial charge < -0.3 is 10.5 Å². The van der Waals surface area contributed by atoms with Gasteiger partial charge in [-0.2, -0.15) is 0 Å². The molecule has 0 saturated carbocycles. The second kappa shape index (κ2) is 6.63. The summed E-state index contributed by atoms with van der Waals surface area (Å²) in [6, 6.07) is 9.74. The van der Waals surface area contributed by atoms with E-state index in [0.29, 0.717) is 23.9 Å². The van der Waals surface area contributed by atoms with Crippen LogP contribution in [-0.2, 0) is 6.61 Å². The fourth-order valence-electron chi connectivity index (χ4n) is 1.53. The predicted molar refractivity (Wildman–Crippen MR) is 80.8 cm³/mol. The number of ether oxygens (including phenoxy) is 1. The summed E-state index contributed by atoms with van der Waals surface area (Å²) in [7, 11) is 0. The van der Waals surface area contributed by atoms with Gasteiger partial charge in [-0.15, -0.1) is 11.3 Å². The van der Waals surface area contributed by atoms with Gasteiger partial charge in [0.2, 0.25) is 0 Å². The van der Waals surface area contributed by atoms with Gasteiger partial charge in [-0.3, -0.25) is 0 Å². The van der Waals surface area contributed by atoms with Gasteiger partial charge in [0.15, 0.2) is 0 Å². The maximum absolute atomic E-state index is 6.11. The smallest absolute Gasteiger partial charge is 0.138 e. The molecule has 4 heteroatoms. The first-order valence-electron chi connectivity index (χ1n) is 5.85. The van der Waals surface area contributed by atoms with Crippen molar-refractivity contribution in [3.63, 3.8) is 0 Å². The van der Waals surface area contributed by atoms with Crippen molar-refractivity contribution in [2.45, 2.75) is 13.5 Å². The van der Waals surface area contributed by atoms with Crippen molar-refractivity contribution in [1.82, 2.24) is 0 Å². The van der Waals surface area contributed by atoms with Gasteiger partial charge in [-0.05, 0) is 36.8 Å². The Kier molecular flexibility index (Phi) is 4.86. The Morgan fingerprint density at radius 2 is 2.16 bits per heavy atom. The summed E-state index contributed by atoms with van der Waals surface area (Å²) >= 11 is 7.72. The number of thiophene rings is 1. The molecule has 98 valence electrons. The average Bonchev–Trinajstić information content (AvgIpc) is 2.83. The molecule has 0 amide bonds. The third-order valence-corrected chi connectivity index (χ3v) is 3.70. The van der Waals surface area contributed by atoms with Crippen LogP contribution in [-0.4, -0.2) is 6.54 Å². The van der Waals surface area contributed by atoms with E-state index in [1.807, 2.05) is 37.3 Å². The second-order valence-corrected chi connectivity index (χ2v) is 5.57. The van der Waals surface area contributed by atoms with Crippen molar-refractivity contribution in [1.29, 1.82) is 0 Å². The van der Waals surface area contributed by atoms with Gasteiger partial charge in [0.25, 0.3) is 0 Å². The van der Waals surface area contributed by atoms with E-state index < -0.39 is 0 Å². The summed E-state index contributed by atoms with van der Waals surface area (Å²) in [5.74, 6) is 6.54. The molecule has 2 N–H and O–H groups in total. The zero-order valence-corrected chi connectivity index (χ0v) is 12.1. The lowest BCUT2D eigenvalue weighted by molar-refractivity contribution is 0.310. The predicted octanol–water partition coefficient (Wildman–Crippen LogP) is 3.60. The highest BCUT2D eigenvalue weighted by Gasteiger charge is 2.03. The molecule has 0 spiro atoms.